The highest BCUT2D eigenvalue weighted by Gasteiger charge is 2.02. The summed E-state index contributed by atoms with van der Waals surface area (Å²) in [5, 5.41) is 11.0. The maximum atomic E-state index is 8.52. The van der Waals surface area contributed by atoms with Crippen molar-refractivity contribution in [2.45, 2.75) is 5.88 Å². The van der Waals surface area contributed by atoms with Crippen molar-refractivity contribution in [3.05, 3.63) is 12.2 Å². The first-order valence-electron chi connectivity index (χ1n) is 2.03. The Balaban J connectivity index is 2.84. The van der Waals surface area contributed by atoms with Gasteiger partial charge >= 0.3 is 6.33 Å². The molecule has 1 aromatic rings. The Bertz CT molecular complexity index is 175. The molecule has 0 atom stereocenters. The van der Waals surface area contributed by atoms with E-state index in [-0.39, 0.29) is 5.88 Å². The Morgan fingerprint density at radius 2 is 2.75 bits per heavy atom. The Labute approximate surface area is 50.7 Å². The van der Waals surface area contributed by atoms with Crippen LogP contribution in [0.4, 0.5) is 0 Å². The molecule has 4 nitrogen and oxygen atoms in total. The predicted molar refractivity (Wildman–Crippen MR) is 25.5 cm³/mol. The Kier molecular flexibility index (Phi) is 1.34. The topological polar surface area (TPSA) is 52.8 Å². The van der Waals surface area contributed by atoms with Crippen LogP contribution in [0.15, 0.2) is 6.33 Å². The molecular weight excluding hydrogens is 130 g/mol. The minimum absolute atomic E-state index is 0.285. The lowest BCUT2D eigenvalue weighted by Gasteiger charge is -1.72. The monoisotopic (exact) mass is 134 g/mol. The second kappa shape index (κ2) is 2.00. The van der Waals surface area contributed by atoms with E-state index < -0.39 is 0 Å². The molecule has 0 saturated carbocycles. The molecule has 8 heavy (non-hydrogen) atoms. The normalized spacial score (nSPS) is 9.62. The van der Waals surface area contributed by atoms with E-state index in [1.54, 1.807) is 0 Å². The summed E-state index contributed by atoms with van der Waals surface area (Å²) in [6.07, 6.45) is 1.23. The van der Waals surface area contributed by atoms with Crippen LogP contribution in [-0.2, 0) is 5.88 Å². The number of nitrogens with one attached hydrogen (secondary N) is 1. The van der Waals surface area contributed by atoms with Crippen molar-refractivity contribution >= 4 is 11.6 Å². The Morgan fingerprint density at radius 1 is 2.00 bits per heavy atom. The van der Waals surface area contributed by atoms with Crippen molar-refractivity contribution in [3.63, 3.8) is 0 Å². The van der Waals surface area contributed by atoms with Gasteiger partial charge in [0.25, 0.3) is 5.82 Å². The first-order chi connectivity index (χ1) is 3.83. The minimum Gasteiger partial charge on any atom is -0.331 e. The summed E-state index contributed by atoms with van der Waals surface area (Å²) >= 11 is 5.32. The molecule has 0 saturated heterocycles. The largest absolute Gasteiger partial charge is 0.350 e. The minimum atomic E-state index is 0.285. The van der Waals surface area contributed by atoms with Crippen LogP contribution < -0.4 is 4.85 Å². The van der Waals surface area contributed by atoms with E-state index in [2.05, 4.69) is 10.1 Å². The van der Waals surface area contributed by atoms with Gasteiger partial charge in [0.2, 0.25) is 0 Å². The van der Waals surface area contributed by atoms with Gasteiger partial charge in [0.1, 0.15) is 5.88 Å². The molecule has 5 heteroatoms. The number of alkyl halides is 1. The van der Waals surface area contributed by atoms with E-state index >= 15 is 0 Å². The van der Waals surface area contributed by atoms with Crippen molar-refractivity contribution < 1.29 is 10.1 Å². The summed E-state index contributed by atoms with van der Waals surface area (Å²) in [6.45, 7) is 0. The molecule has 0 bridgehead atoms. The summed E-state index contributed by atoms with van der Waals surface area (Å²) in [5.41, 5.74) is 0. The summed E-state index contributed by atoms with van der Waals surface area (Å²) < 4.78 is 0. The average molecular weight is 135 g/mol. The molecule has 0 radical (unpaired) electrons. The lowest BCUT2D eigenvalue weighted by atomic mass is 10.7. The van der Waals surface area contributed by atoms with E-state index in [1.807, 2.05) is 0 Å². The van der Waals surface area contributed by atoms with Gasteiger partial charge in [-0.05, 0) is 4.98 Å². The van der Waals surface area contributed by atoms with Crippen LogP contribution in [0.25, 0.3) is 0 Å². The zero-order valence-corrected chi connectivity index (χ0v) is 4.76. The second-order valence-electron chi connectivity index (χ2n) is 1.28. The lowest BCUT2D eigenvalue weighted by Crippen LogP contribution is -2.30. The van der Waals surface area contributed by atoms with Crippen molar-refractivity contribution in [2.24, 2.45) is 0 Å². The highest BCUT2D eigenvalue weighted by Crippen LogP contribution is 1.87. The smallest absolute Gasteiger partial charge is 0.331 e. The van der Waals surface area contributed by atoms with Crippen LogP contribution in [0.1, 0.15) is 5.82 Å². The van der Waals surface area contributed by atoms with Gasteiger partial charge in [-0.1, -0.05) is 0 Å². The van der Waals surface area contributed by atoms with Crippen LogP contribution in [0.2, 0.25) is 0 Å². The zero-order chi connectivity index (χ0) is 5.98. The first-order valence-corrected chi connectivity index (χ1v) is 2.57. The van der Waals surface area contributed by atoms with Crippen molar-refractivity contribution in [1.82, 2.24) is 10.1 Å². The SMILES string of the molecule is O[n+]1cnc(CCl)[nH]1. The van der Waals surface area contributed by atoms with Crippen molar-refractivity contribution in [1.29, 1.82) is 0 Å². The van der Waals surface area contributed by atoms with Crippen LogP contribution >= 0.6 is 11.6 Å². The fourth-order valence-electron chi connectivity index (χ4n) is 0.379. The predicted octanol–water partition coefficient (Wildman–Crippen LogP) is -0.327. The number of halogens is 1. The van der Waals surface area contributed by atoms with E-state index in [4.69, 9.17) is 16.8 Å². The van der Waals surface area contributed by atoms with Gasteiger partial charge in [-0.15, -0.1) is 11.6 Å². The van der Waals surface area contributed by atoms with Gasteiger partial charge in [0, 0.05) is 4.85 Å². The molecule has 0 aliphatic heterocycles. The molecule has 2 N–H and O–H groups in total. The van der Waals surface area contributed by atoms with Gasteiger partial charge in [0.15, 0.2) is 0 Å². The number of aromatic nitrogens is 3. The molecule has 0 aliphatic carbocycles. The Hall–Kier alpha value is -0.770. The van der Waals surface area contributed by atoms with Crippen molar-refractivity contribution in [3.8, 4) is 0 Å². The molecule has 0 aliphatic rings. The first kappa shape index (κ1) is 5.37. The van der Waals surface area contributed by atoms with E-state index in [1.165, 1.54) is 6.33 Å². The molecule has 0 unspecified atom stereocenters. The van der Waals surface area contributed by atoms with Gasteiger partial charge in [-0.25, -0.2) is 0 Å². The highest BCUT2D eigenvalue weighted by atomic mass is 35.5. The van der Waals surface area contributed by atoms with Gasteiger partial charge in [-0.3, -0.25) is 0 Å². The second-order valence-corrected chi connectivity index (χ2v) is 1.55. The summed E-state index contributed by atoms with van der Waals surface area (Å²) in [4.78, 5) is 4.41. The third kappa shape index (κ3) is 0.894. The standard InChI is InChI=1S/C3H4ClN3O/c4-1-3-5-2-7(8)6-3/h2,8H,1H2/p+1. The van der Waals surface area contributed by atoms with E-state index in [9.17, 15) is 0 Å². The molecular formula is C3H5ClN3O+. The van der Waals surface area contributed by atoms with Gasteiger partial charge in [-0.2, -0.15) is 5.10 Å². The van der Waals surface area contributed by atoms with E-state index in [0.717, 1.165) is 4.85 Å². The maximum absolute atomic E-state index is 8.52. The average Bonchev–Trinajstić information content (AvgIpc) is 2.14. The molecule has 44 valence electrons. The summed E-state index contributed by atoms with van der Waals surface area (Å²) in [5.74, 6) is 0.835. The van der Waals surface area contributed by atoms with Gasteiger partial charge in [0.05, 0.1) is 0 Å². The number of hydrogen-bond acceptors (Lipinski definition) is 2. The third-order valence-electron chi connectivity index (χ3n) is 0.693. The molecule has 1 heterocycles. The fraction of sp³-hybridized carbons (Fsp3) is 0.333. The molecule has 0 fully saturated rings. The summed E-state index contributed by atoms with van der Waals surface area (Å²) in [7, 11) is 0. The van der Waals surface area contributed by atoms with Crippen LogP contribution in [-0.4, -0.2) is 15.3 Å². The highest BCUT2D eigenvalue weighted by molar-refractivity contribution is 6.16. The quantitative estimate of drug-likeness (QED) is 0.314. The van der Waals surface area contributed by atoms with Crippen molar-refractivity contribution in [2.75, 3.05) is 0 Å². The molecule has 0 aromatic carbocycles. The van der Waals surface area contributed by atoms with Crippen LogP contribution in [0, 0.1) is 0 Å². The molecule has 0 amide bonds. The number of H-pyrrole nitrogens is 1. The van der Waals surface area contributed by atoms with Crippen LogP contribution in [0.5, 0.6) is 0 Å². The molecule has 1 aromatic heterocycles. The lowest BCUT2D eigenvalue weighted by molar-refractivity contribution is -0.947. The summed E-state index contributed by atoms with van der Waals surface area (Å²) in [6, 6.07) is 0. The number of rotatable bonds is 1. The molecule has 1 rings (SSSR count). The number of aromatic amines is 1. The molecule has 0 spiro atoms. The van der Waals surface area contributed by atoms with Crippen LogP contribution in [0.3, 0.4) is 0 Å². The van der Waals surface area contributed by atoms with E-state index in [0.29, 0.717) is 5.82 Å². The zero-order valence-electron chi connectivity index (χ0n) is 4.00. The van der Waals surface area contributed by atoms with Gasteiger partial charge < -0.3 is 5.21 Å². The number of nitrogens with zero attached hydrogens (tertiary/aromatic N) is 2. The fourth-order valence-corrected chi connectivity index (χ4v) is 0.507. The maximum Gasteiger partial charge on any atom is 0.350 e. The number of hydrogen-bond donors (Lipinski definition) is 2. The third-order valence-corrected chi connectivity index (χ3v) is 0.946. The Morgan fingerprint density at radius 3 is 3.00 bits per heavy atom.